The van der Waals surface area contributed by atoms with Gasteiger partial charge >= 0.3 is 18.0 Å². The number of likely N-dealkylation sites (N-methyl/N-ethyl adjacent to an activating group) is 1. The molecule has 9 nitrogen and oxygen atoms in total. The third-order valence-electron chi connectivity index (χ3n) is 7.00. The summed E-state index contributed by atoms with van der Waals surface area (Å²) in [6.07, 6.45) is 1.34. The van der Waals surface area contributed by atoms with Crippen LogP contribution in [0.15, 0.2) is 65.9 Å². The summed E-state index contributed by atoms with van der Waals surface area (Å²) >= 11 is 0. The van der Waals surface area contributed by atoms with E-state index in [1.165, 1.54) is 0 Å². The maximum atomic E-state index is 13.4. The van der Waals surface area contributed by atoms with Crippen LogP contribution in [0.25, 0.3) is 0 Å². The van der Waals surface area contributed by atoms with E-state index in [9.17, 15) is 14.4 Å². The van der Waals surface area contributed by atoms with Crippen LogP contribution in [0.4, 0.5) is 4.79 Å². The summed E-state index contributed by atoms with van der Waals surface area (Å²) in [5.74, 6) is 0.529. The molecule has 39 heavy (non-hydrogen) atoms. The summed E-state index contributed by atoms with van der Waals surface area (Å²) < 4.78 is 16.7. The lowest BCUT2D eigenvalue weighted by Gasteiger charge is -2.39. The predicted octanol–water partition coefficient (Wildman–Crippen LogP) is 4.66. The Kier molecular flexibility index (Phi) is 9.59. The highest BCUT2D eigenvalue weighted by molar-refractivity contribution is 5.95. The van der Waals surface area contributed by atoms with Crippen LogP contribution in [0, 0.1) is 5.92 Å². The van der Waals surface area contributed by atoms with Crippen LogP contribution in [-0.2, 0) is 19.1 Å². The molecule has 1 fully saturated rings. The van der Waals surface area contributed by atoms with Gasteiger partial charge in [-0.2, -0.15) is 0 Å². The minimum atomic E-state index is -0.703. The Morgan fingerprint density at radius 1 is 0.923 bits per heavy atom. The average Bonchev–Trinajstić information content (AvgIpc) is 2.94. The third kappa shape index (κ3) is 6.78. The minimum absolute atomic E-state index is 0.128. The summed E-state index contributed by atoms with van der Waals surface area (Å²) in [6, 6.07) is 15.8. The molecule has 1 saturated heterocycles. The smallest absolute Gasteiger partial charge is 0.338 e. The van der Waals surface area contributed by atoms with Gasteiger partial charge in [0.2, 0.25) is 0 Å². The van der Waals surface area contributed by atoms with Crippen molar-refractivity contribution in [2.75, 3.05) is 39.4 Å². The molecule has 208 valence electrons. The molecule has 0 saturated carbocycles. The van der Waals surface area contributed by atoms with Crippen molar-refractivity contribution in [3.63, 3.8) is 0 Å². The van der Waals surface area contributed by atoms with Crippen molar-refractivity contribution in [1.29, 1.82) is 0 Å². The second-order valence-corrected chi connectivity index (χ2v) is 9.50. The van der Waals surface area contributed by atoms with Gasteiger partial charge < -0.3 is 19.5 Å². The van der Waals surface area contributed by atoms with E-state index in [2.05, 4.69) is 10.2 Å². The number of rotatable bonds is 10. The number of piperidine rings is 1. The molecule has 2 aromatic rings. The zero-order valence-electron chi connectivity index (χ0n) is 22.9. The van der Waals surface area contributed by atoms with E-state index in [1.54, 1.807) is 11.8 Å². The van der Waals surface area contributed by atoms with E-state index in [4.69, 9.17) is 14.2 Å². The van der Waals surface area contributed by atoms with Crippen LogP contribution in [0.5, 0.6) is 11.5 Å². The number of carbonyl (C=O) groups is 3. The molecule has 0 aliphatic carbocycles. The molecule has 2 aromatic carbocycles. The summed E-state index contributed by atoms with van der Waals surface area (Å²) in [7, 11) is 0. The molecule has 2 amide bonds. The molecule has 0 bridgehead atoms. The molecule has 4 rings (SSSR count). The van der Waals surface area contributed by atoms with Crippen LogP contribution in [0.3, 0.4) is 0 Å². The van der Waals surface area contributed by atoms with Crippen LogP contribution in [-0.4, -0.2) is 67.2 Å². The number of esters is 2. The Hall–Kier alpha value is -3.85. The number of ether oxygens (including phenoxy) is 3. The lowest BCUT2D eigenvalue weighted by Crippen LogP contribution is -2.51. The molecular formula is C30H37N3O6. The van der Waals surface area contributed by atoms with Crippen molar-refractivity contribution in [3.8, 4) is 11.5 Å². The lowest BCUT2D eigenvalue weighted by molar-refractivity contribution is -0.149. The maximum Gasteiger partial charge on any atom is 0.338 e. The van der Waals surface area contributed by atoms with E-state index >= 15 is 0 Å². The predicted molar refractivity (Wildman–Crippen MR) is 146 cm³/mol. The van der Waals surface area contributed by atoms with Gasteiger partial charge in [0.05, 0.1) is 30.7 Å². The number of hydrogen-bond donors (Lipinski definition) is 1. The van der Waals surface area contributed by atoms with Crippen molar-refractivity contribution in [1.82, 2.24) is 15.1 Å². The second-order valence-electron chi connectivity index (χ2n) is 9.50. The van der Waals surface area contributed by atoms with E-state index in [0.29, 0.717) is 74.0 Å². The van der Waals surface area contributed by atoms with Crippen molar-refractivity contribution in [2.45, 2.75) is 39.7 Å². The maximum absolute atomic E-state index is 13.4. The van der Waals surface area contributed by atoms with Gasteiger partial charge in [0.15, 0.2) is 0 Å². The molecule has 0 aromatic heterocycles. The number of benzene rings is 2. The molecule has 0 radical (unpaired) electrons. The Morgan fingerprint density at radius 3 is 2.28 bits per heavy atom. The normalized spacial score (nSPS) is 18.5. The second kappa shape index (κ2) is 13.3. The van der Waals surface area contributed by atoms with Gasteiger partial charge in [-0.05, 0) is 76.5 Å². The number of urea groups is 1. The van der Waals surface area contributed by atoms with Gasteiger partial charge in [-0.3, -0.25) is 14.6 Å². The summed E-state index contributed by atoms with van der Waals surface area (Å²) in [5, 5.41) is 3.01. The Labute approximate surface area is 229 Å². The zero-order valence-corrected chi connectivity index (χ0v) is 22.9. The highest BCUT2D eigenvalue weighted by atomic mass is 16.5. The number of nitrogens with one attached hydrogen (secondary N) is 1. The third-order valence-corrected chi connectivity index (χ3v) is 7.00. The highest BCUT2D eigenvalue weighted by Crippen LogP contribution is 2.35. The van der Waals surface area contributed by atoms with Gasteiger partial charge in [0, 0.05) is 18.8 Å². The zero-order chi connectivity index (χ0) is 27.8. The minimum Gasteiger partial charge on any atom is -0.466 e. The molecule has 0 spiro atoms. The molecule has 1 atom stereocenters. The Balaban J connectivity index is 1.65. The number of likely N-dealkylation sites (tertiary alicyclic amines) is 1. The van der Waals surface area contributed by atoms with Crippen molar-refractivity contribution in [3.05, 3.63) is 71.4 Å². The van der Waals surface area contributed by atoms with Crippen molar-refractivity contribution in [2.24, 2.45) is 5.92 Å². The molecular weight excluding hydrogens is 498 g/mol. The van der Waals surface area contributed by atoms with Crippen LogP contribution >= 0.6 is 0 Å². The highest BCUT2D eigenvalue weighted by Gasteiger charge is 2.39. The standard InChI is InChI=1S/C30H37N3O6/c1-4-33-25(20-32-17-15-21(16-18-32)28(34)37-5-2)26(29(35)38-6-3)27(31-30(33)36)22-11-10-14-24(19-22)39-23-12-8-7-9-13-23/h7-14,19,21,27H,4-6,15-18,20H2,1-3H3,(H,31,36)/t27-/m0/s1. The van der Waals surface area contributed by atoms with Crippen LogP contribution < -0.4 is 10.1 Å². The van der Waals surface area contributed by atoms with Crippen LogP contribution in [0.1, 0.15) is 45.2 Å². The van der Waals surface area contributed by atoms with Crippen molar-refractivity contribution >= 4 is 18.0 Å². The first kappa shape index (κ1) is 28.2. The number of para-hydroxylation sites is 1. The number of carbonyl (C=O) groups excluding carboxylic acids is 3. The fourth-order valence-corrected chi connectivity index (χ4v) is 5.09. The lowest BCUT2D eigenvalue weighted by atomic mass is 9.93. The number of hydrogen-bond acceptors (Lipinski definition) is 7. The number of nitrogens with zero attached hydrogens (tertiary/aromatic N) is 2. The largest absolute Gasteiger partial charge is 0.466 e. The molecule has 9 heteroatoms. The van der Waals surface area contributed by atoms with E-state index in [-0.39, 0.29) is 24.5 Å². The Bertz CT molecular complexity index is 1190. The van der Waals surface area contributed by atoms with Gasteiger partial charge in [0.1, 0.15) is 11.5 Å². The average molecular weight is 536 g/mol. The Morgan fingerprint density at radius 2 is 1.62 bits per heavy atom. The van der Waals surface area contributed by atoms with Crippen molar-refractivity contribution < 1.29 is 28.6 Å². The molecule has 2 heterocycles. The van der Waals surface area contributed by atoms with Gasteiger partial charge in [-0.1, -0.05) is 30.3 Å². The fourth-order valence-electron chi connectivity index (χ4n) is 5.09. The summed E-state index contributed by atoms with van der Waals surface area (Å²) in [6.45, 7) is 8.14. The summed E-state index contributed by atoms with van der Waals surface area (Å²) in [5.41, 5.74) is 1.74. The first-order valence-electron chi connectivity index (χ1n) is 13.6. The molecule has 0 unspecified atom stereocenters. The quantitative estimate of drug-likeness (QED) is 0.442. The van der Waals surface area contributed by atoms with Gasteiger partial charge in [-0.15, -0.1) is 0 Å². The van der Waals surface area contributed by atoms with E-state index in [0.717, 1.165) is 0 Å². The topological polar surface area (TPSA) is 97.4 Å². The van der Waals surface area contributed by atoms with Gasteiger partial charge in [-0.25, -0.2) is 9.59 Å². The molecule has 1 N–H and O–H groups in total. The first-order valence-corrected chi connectivity index (χ1v) is 13.6. The molecule has 2 aliphatic rings. The monoisotopic (exact) mass is 535 g/mol. The SMILES string of the molecule is CCOC(=O)C1=C(CN2CCC(C(=O)OCC)CC2)N(CC)C(=O)N[C@H]1c1cccc(Oc2ccccc2)c1. The van der Waals surface area contributed by atoms with Crippen LogP contribution in [0.2, 0.25) is 0 Å². The van der Waals surface area contributed by atoms with E-state index in [1.807, 2.05) is 68.4 Å². The molecule has 2 aliphatic heterocycles. The number of amides is 2. The van der Waals surface area contributed by atoms with Gasteiger partial charge in [0.25, 0.3) is 0 Å². The first-order chi connectivity index (χ1) is 18.9. The van der Waals surface area contributed by atoms with E-state index < -0.39 is 12.0 Å². The summed E-state index contributed by atoms with van der Waals surface area (Å²) in [4.78, 5) is 42.7. The fraction of sp³-hybridized carbons (Fsp3) is 0.433.